The van der Waals surface area contributed by atoms with Crippen LogP contribution in [-0.2, 0) is 9.47 Å². The lowest BCUT2D eigenvalue weighted by atomic mass is 10.2. The fourth-order valence-electron chi connectivity index (χ4n) is 2.12. The van der Waals surface area contributed by atoms with E-state index < -0.39 is 30.6 Å². The van der Waals surface area contributed by atoms with E-state index in [1.54, 1.807) is 27.7 Å². The van der Waals surface area contributed by atoms with E-state index in [1.807, 2.05) is 0 Å². The topological polar surface area (TPSA) is 94.8 Å². The molecule has 0 bridgehead atoms. The van der Waals surface area contributed by atoms with E-state index in [9.17, 15) is 18.4 Å². The van der Waals surface area contributed by atoms with Crippen molar-refractivity contribution < 1.29 is 32.3 Å². The smallest absolute Gasteiger partial charge is 0.416 e. The van der Waals surface area contributed by atoms with Crippen LogP contribution >= 0.6 is 0 Å². The first-order chi connectivity index (χ1) is 13.1. The third-order valence-corrected chi connectivity index (χ3v) is 3.19. The van der Waals surface area contributed by atoms with Gasteiger partial charge in [-0.2, -0.15) is 0 Å². The first-order valence-electron chi connectivity index (χ1n) is 8.48. The van der Waals surface area contributed by atoms with Gasteiger partial charge in [0.05, 0.1) is 13.2 Å². The molecule has 0 N–H and O–H groups in total. The second kappa shape index (κ2) is 8.77. The number of amides is 1. The van der Waals surface area contributed by atoms with Gasteiger partial charge in [0.1, 0.15) is 17.7 Å². The van der Waals surface area contributed by atoms with E-state index in [2.05, 4.69) is 9.97 Å². The molecule has 0 saturated heterocycles. The lowest BCUT2D eigenvalue weighted by molar-refractivity contribution is 0.0516. The van der Waals surface area contributed by atoms with Gasteiger partial charge in [0.2, 0.25) is 5.89 Å². The van der Waals surface area contributed by atoms with Crippen LogP contribution in [0, 0.1) is 0 Å². The summed E-state index contributed by atoms with van der Waals surface area (Å²) < 4.78 is 41.2. The van der Waals surface area contributed by atoms with Crippen molar-refractivity contribution in [2.24, 2.45) is 0 Å². The SMILES string of the molecule is CCOC(=O)c1coc(-c2ccnc(N(CC(F)F)C(=O)OC(C)(C)C)c2)n1. The summed E-state index contributed by atoms with van der Waals surface area (Å²) in [6.45, 7) is 5.81. The fourth-order valence-corrected chi connectivity index (χ4v) is 2.12. The number of rotatable bonds is 6. The summed E-state index contributed by atoms with van der Waals surface area (Å²) in [5, 5.41) is 0. The summed E-state index contributed by atoms with van der Waals surface area (Å²) in [4.78, 5) is 32.8. The van der Waals surface area contributed by atoms with Crippen LogP contribution in [-0.4, -0.2) is 47.2 Å². The molecule has 1 amide bonds. The molecule has 2 heterocycles. The van der Waals surface area contributed by atoms with E-state index in [-0.39, 0.29) is 24.0 Å². The average molecular weight is 397 g/mol. The lowest BCUT2D eigenvalue weighted by Gasteiger charge is -2.26. The fraction of sp³-hybridized carbons (Fsp3) is 0.444. The summed E-state index contributed by atoms with van der Waals surface area (Å²) in [6.07, 6.45) is -1.33. The molecular formula is C18H21F2N3O5. The van der Waals surface area contributed by atoms with Crippen molar-refractivity contribution in [1.29, 1.82) is 0 Å². The van der Waals surface area contributed by atoms with Crippen LogP contribution in [0.25, 0.3) is 11.5 Å². The van der Waals surface area contributed by atoms with Gasteiger partial charge in [0.15, 0.2) is 5.69 Å². The Morgan fingerprint density at radius 1 is 1.32 bits per heavy atom. The summed E-state index contributed by atoms with van der Waals surface area (Å²) in [5.74, 6) is -0.671. The number of esters is 1. The third-order valence-electron chi connectivity index (χ3n) is 3.19. The maximum absolute atomic E-state index is 13.0. The highest BCUT2D eigenvalue weighted by atomic mass is 19.3. The van der Waals surface area contributed by atoms with Gasteiger partial charge in [-0.05, 0) is 39.8 Å². The molecule has 2 rings (SSSR count). The minimum atomic E-state index is -2.80. The number of nitrogens with zero attached hydrogens (tertiary/aromatic N) is 3. The third kappa shape index (κ3) is 5.73. The largest absolute Gasteiger partial charge is 0.461 e. The number of carbonyl (C=O) groups is 2. The van der Waals surface area contributed by atoms with Crippen LogP contribution in [0.5, 0.6) is 0 Å². The highest BCUT2D eigenvalue weighted by Gasteiger charge is 2.27. The van der Waals surface area contributed by atoms with Crippen LogP contribution in [0.4, 0.5) is 19.4 Å². The summed E-state index contributed by atoms with van der Waals surface area (Å²) >= 11 is 0. The van der Waals surface area contributed by atoms with Crippen molar-refractivity contribution in [2.45, 2.75) is 39.7 Å². The minimum Gasteiger partial charge on any atom is -0.461 e. The van der Waals surface area contributed by atoms with E-state index >= 15 is 0 Å². The number of halogens is 2. The van der Waals surface area contributed by atoms with Gasteiger partial charge in [-0.1, -0.05) is 0 Å². The molecule has 8 nitrogen and oxygen atoms in total. The normalized spacial score (nSPS) is 11.4. The van der Waals surface area contributed by atoms with E-state index in [0.29, 0.717) is 5.56 Å². The molecule has 28 heavy (non-hydrogen) atoms. The van der Waals surface area contributed by atoms with Gasteiger partial charge < -0.3 is 13.9 Å². The molecule has 0 aliphatic carbocycles. The van der Waals surface area contributed by atoms with Crippen LogP contribution in [0.15, 0.2) is 29.0 Å². The number of carbonyl (C=O) groups excluding carboxylic acids is 2. The van der Waals surface area contributed by atoms with Crippen molar-refractivity contribution in [1.82, 2.24) is 9.97 Å². The molecule has 0 saturated carbocycles. The number of alkyl halides is 2. The van der Waals surface area contributed by atoms with Crippen molar-refractivity contribution in [2.75, 3.05) is 18.1 Å². The number of hydrogen-bond donors (Lipinski definition) is 0. The lowest BCUT2D eigenvalue weighted by Crippen LogP contribution is -2.40. The first-order valence-corrected chi connectivity index (χ1v) is 8.48. The van der Waals surface area contributed by atoms with E-state index in [0.717, 1.165) is 11.2 Å². The molecule has 2 aromatic rings. The van der Waals surface area contributed by atoms with Gasteiger partial charge in [-0.3, -0.25) is 4.90 Å². The van der Waals surface area contributed by atoms with Crippen molar-refractivity contribution in [3.05, 3.63) is 30.3 Å². The standard InChI is InChI=1S/C18H21F2N3O5/c1-5-26-16(24)12-10-27-15(22-12)11-6-7-21-14(8-11)23(9-13(19)20)17(25)28-18(2,3)4/h6-8,10,13H,5,9H2,1-4H3. The Balaban J connectivity index is 2.32. The van der Waals surface area contributed by atoms with Crippen LogP contribution in [0.2, 0.25) is 0 Å². The van der Waals surface area contributed by atoms with Gasteiger partial charge >= 0.3 is 12.1 Å². The highest BCUT2D eigenvalue weighted by Crippen LogP contribution is 2.24. The summed E-state index contributed by atoms with van der Waals surface area (Å²) in [7, 11) is 0. The van der Waals surface area contributed by atoms with Crippen molar-refractivity contribution >= 4 is 17.9 Å². The Labute approximate surface area is 160 Å². The number of aromatic nitrogens is 2. The summed E-state index contributed by atoms with van der Waals surface area (Å²) in [6, 6.07) is 2.84. The van der Waals surface area contributed by atoms with Crippen molar-refractivity contribution in [3.8, 4) is 11.5 Å². The average Bonchev–Trinajstić information content (AvgIpc) is 3.08. The minimum absolute atomic E-state index is 0.0354. The van der Waals surface area contributed by atoms with Crippen LogP contribution < -0.4 is 4.90 Å². The predicted molar refractivity (Wildman–Crippen MR) is 95.3 cm³/mol. The van der Waals surface area contributed by atoms with Crippen LogP contribution in [0.1, 0.15) is 38.2 Å². The number of anilines is 1. The zero-order chi connectivity index (χ0) is 20.9. The van der Waals surface area contributed by atoms with Gasteiger partial charge in [-0.25, -0.2) is 28.3 Å². The molecule has 10 heteroatoms. The molecule has 0 unspecified atom stereocenters. The Morgan fingerprint density at radius 2 is 2.04 bits per heavy atom. The number of pyridine rings is 1. The number of ether oxygens (including phenoxy) is 2. The maximum atomic E-state index is 13.0. The van der Waals surface area contributed by atoms with Crippen LogP contribution in [0.3, 0.4) is 0 Å². The quantitative estimate of drug-likeness (QED) is 0.682. The van der Waals surface area contributed by atoms with Gasteiger partial charge in [0, 0.05) is 11.8 Å². The summed E-state index contributed by atoms with van der Waals surface area (Å²) in [5.41, 5.74) is -0.568. The van der Waals surface area contributed by atoms with E-state index in [1.165, 1.54) is 18.3 Å². The first kappa shape index (κ1) is 21.3. The Hall–Kier alpha value is -3.04. The maximum Gasteiger partial charge on any atom is 0.416 e. The zero-order valence-corrected chi connectivity index (χ0v) is 15.9. The number of oxazole rings is 1. The second-order valence-corrected chi connectivity index (χ2v) is 6.64. The second-order valence-electron chi connectivity index (χ2n) is 6.64. The number of hydrogen-bond acceptors (Lipinski definition) is 7. The predicted octanol–water partition coefficient (Wildman–Crippen LogP) is 3.92. The molecule has 0 fully saturated rings. The van der Waals surface area contributed by atoms with Gasteiger partial charge in [0.25, 0.3) is 6.43 Å². The molecule has 2 aromatic heterocycles. The molecule has 0 spiro atoms. The molecule has 0 atom stereocenters. The molecule has 0 aliphatic rings. The monoisotopic (exact) mass is 397 g/mol. The van der Waals surface area contributed by atoms with Crippen molar-refractivity contribution in [3.63, 3.8) is 0 Å². The Kier molecular flexibility index (Phi) is 6.66. The molecule has 0 radical (unpaired) electrons. The Morgan fingerprint density at radius 3 is 2.64 bits per heavy atom. The molecule has 0 aromatic carbocycles. The Bertz CT molecular complexity index is 833. The molecule has 152 valence electrons. The molecular weight excluding hydrogens is 376 g/mol. The zero-order valence-electron chi connectivity index (χ0n) is 15.9. The van der Waals surface area contributed by atoms with Gasteiger partial charge in [-0.15, -0.1) is 0 Å². The van der Waals surface area contributed by atoms with E-state index in [4.69, 9.17) is 13.9 Å². The molecule has 0 aliphatic heterocycles. The highest BCUT2D eigenvalue weighted by molar-refractivity contribution is 5.88.